The van der Waals surface area contributed by atoms with Crippen LogP contribution in [0.1, 0.15) is 5.56 Å². The number of halogens is 2. The highest BCUT2D eigenvalue weighted by atomic mass is 35.5. The van der Waals surface area contributed by atoms with E-state index < -0.39 is 5.82 Å². The molecule has 0 saturated carbocycles. The Hall–Kier alpha value is -1.55. The Kier molecular flexibility index (Phi) is 4.97. The first-order chi connectivity index (χ1) is 8.02. The molecule has 1 N–H and O–H groups in total. The molecular weight excluding hydrogens is 245 g/mol. The molecule has 92 valence electrons. The molecule has 1 rings (SSSR count). The Balaban J connectivity index is 2.60. The van der Waals surface area contributed by atoms with Crippen molar-refractivity contribution in [3.8, 4) is 5.75 Å². The van der Waals surface area contributed by atoms with Gasteiger partial charge in [0.1, 0.15) is 0 Å². The van der Waals surface area contributed by atoms with E-state index in [2.05, 4.69) is 11.9 Å². The molecule has 0 saturated heterocycles. The van der Waals surface area contributed by atoms with Gasteiger partial charge >= 0.3 is 0 Å². The lowest BCUT2D eigenvalue weighted by Crippen LogP contribution is -2.26. The molecule has 0 aliphatic heterocycles. The largest absolute Gasteiger partial charge is 0.494 e. The van der Waals surface area contributed by atoms with Crippen molar-refractivity contribution in [2.75, 3.05) is 13.7 Å². The molecule has 1 amide bonds. The average molecular weight is 258 g/mol. The molecule has 0 bridgehead atoms. The molecule has 1 aromatic carbocycles. The molecule has 0 heterocycles. The lowest BCUT2D eigenvalue weighted by Gasteiger charge is -2.06. The van der Waals surface area contributed by atoms with Gasteiger partial charge in [-0.2, -0.15) is 0 Å². The number of hydrogen-bond acceptors (Lipinski definition) is 2. The van der Waals surface area contributed by atoms with E-state index in [9.17, 15) is 9.18 Å². The summed E-state index contributed by atoms with van der Waals surface area (Å²) in [6, 6.07) is 4.39. The van der Waals surface area contributed by atoms with E-state index in [0.717, 1.165) is 0 Å². The number of methoxy groups -OCH3 is 1. The van der Waals surface area contributed by atoms with Gasteiger partial charge in [-0.3, -0.25) is 4.79 Å². The van der Waals surface area contributed by atoms with E-state index in [4.69, 9.17) is 16.3 Å². The van der Waals surface area contributed by atoms with Gasteiger partial charge in [0.25, 0.3) is 0 Å². The zero-order valence-electron chi connectivity index (χ0n) is 9.43. The minimum absolute atomic E-state index is 0.0884. The highest BCUT2D eigenvalue weighted by molar-refractivity contribution is 6.29. The third-order valence-corrected chi connectivity index (χ3v) is 2.19. The number of carbonyl (C=O) groups is 1. The number of hydrogen-bond donors (Lipinski definition) is 1. The summed E-state index contributed by atoms with van der Waals surface area (Å²) in [4.78, 5) is 11.4. The highest BCUT2D eigenvalue weighted by Crippen LogP contribution is 2.17. The molecule has 5 heteroatoms. The van der Waals surface area contributed by atoms with Gasteiger partial charge in [-0.1, -0.05) is 24.2 Å². The molecule has 0 fully saturated rings. The zero-order chi connectivity index (χ0) is 12.8. The van der Waals surface area contributed by atoms with Gasteiger partial charge in [0.05, 0.1) is 20.1 Å². The summed E-state index contributed by atoms with van der Waals surface area (Å²) in [6.45, 7) is 3.65. The summed E-state index contributed by atoms with van der Waals surface area (Å²) in [5.74, 6) is -0.570. The molecule has 17 heavy (non-hydrogen) atoms. The lowest BCUT2D eigenvalue weighted by atomic mass is 10.1. The second kappa shape index (κ2) is 6.25. The van der Waals surface area contributed by atoms with Gasteiger partial charge in [0, 0.05) is 5.03 Å². The number of benzene rings is 1. The number of carbonyl (C=O) groups excluding carboxylic acids is 1. The summed E-state index contributed by atoms with van der Waals surface area (Å²) in [6.07, 6.45) is 0.0884. The molecule has 0 radical (unpaired) electrons. The SMILES string of the molecule is C=C(Cl)CNC(=O)Cc1ccc(OC)c(F)c1. The Labute approximate surface area is 104 Å². The van der Waals surface area contributed by atoms with Crippen LogP contribution in [-0.4, -0.2) is 19.6 Å². The van der Waals surface area contributed by atoms with Crippen LogP contribution in [0.3, 0.4) is 0 Å². The number of ether oxygens (including phenoxy) is 1. The van der Waals surface area contributed by atoms with Crippen molar-refractivity contribution in [3.63, 3.8) is 0 Å². The average Bonchev–Trinajstić information content (AvgIpc) is 2.26. The minimum Gasteiger partial charge on any atom is -0.494 e. The fraction of sp³-hybridized carbons (Fsp3) is 0.250. The van der Waals surface area contributed by atoms with Crippen molar-refractivity contribution in [2.24, 2.45) is 0 Å². The molecule has 0 aromatic heterocycles. The first-order valence-electron chi connectivity index (χ1n) is 4.95. The maximum Gasteiger partial charge on any atom is 0.224 e. The second-order valence-electron chi connectivity index (χ2n) is 3.44. The third-order valence-electron chi connectivity index (χ3n) is 2.06. The van der Waals surface area contributed by atoms with Crippen LogP contribution >= 0.6 is 11.6 Å². The fourth-order valence-electron chi connectivity index (χ4n) is 1.26. The van der Waals surface area contributed by atoms with E-state index in [-0.39, 0.29) is 24.6 Å². The molecular formula is C12H13ClFNO2. The number of amides is 1. The van der Waals surface area contributed by atoms with Crippen LogP contribution in [0.2, 0.25) is 0 Å². The standard InChI is InChI=1S/C12H13ClFNO2/c1-8(13)7-15-12(16)6-9-3-4-11(17-2)10(14)5-9/h3-5H,1,6-7H2,2H3,(H,15,16). The Bertz CT molecular complexity index is 435. The van der Waals surface area contributed by atoms with Crippen molar-refractivity contribution in [3.05, 3.63) is 41.2 Å². The predicted octanol–water partition coefficient (Wildman–Crippen LogP) is 2.25. The fourth-order valence-corrected chi connectivity index (χ4v) is 1.33. The van der Waals surface area contributed by atoms with Gasteiger partial charge in [0.15, 0.2) is 11.6 Å². The molecule has 0 spiro atoms. The first-order valence-corrected chi connectivity index (χ1v) is 5.33. The van der Waals surface area contributed by atoms with Crippen molar-refractivity contribution in [1.29, 1.82) is 0 Å². The predicted molar refractivity (Wildman–Crippen MR) is 64.7 cm³/mol. The van der Waals surface area contributed by atoms with Crippen LogP contribution < -0.4 is 10.1 Å². The van der Waals surface area contributed by atoms with Gasteiger partial charge in [-0.25, -0.2) is 4.39 Å². The lowest BCUT2D eigenvalue weighted by molar-refractivity contribution is -0.120. The third kappa shape index (κ3) is 4.44. The zero-order valence-corrected chi connectivity index (χ0v) is 10.2. The minimum atomic E-state index is -0.487. The Morgan fingerprint density at radius 1 is 1.59 bits per heavy atom. The molecule has 3 nitrogen and oxygen atoms in total. The molecule has 0 unspecified atom stereocenters. The van der Waals surface area contributed by atoms with Gasteiger partial charge in [-0.05, 0) is 17.7 Å². The highest BCUT2D eigenvalue weighted by Gasteiger charge is 2.07. The first kappa shape index (κ1) is 13.5. The van der Waals surface area contributed by atoms with Crippen LogP contribution in [0.15, 0.2) is 29.8 Å². The summed E-state index contributed by atoms with van der Waals surface area (Å²) in [5, 5.41) is 2.90. The summed E-state index contributed by atoms with van der Waals surface area (Å²) in [7, 11) is 1.39. The molecule has 1 aromatic rings. The van der Waals surface area contributed by atoms with Gasteiger partial charge in [0.2, 0.25) is 5.91 Å². The van der Waals surface area contributed by atoms with E-state index in [1.807, 2.05) is 0 Å². The van der Waals surface area contributed by atoms with Gasteiger partial charge < -0.3 is 10.1 Å². The van der Waals surface area contributed by atoms with Crippen molar-refractivity contribution >= 4 is 17.5 Å². The molecule has 0 aliphatic rings. The van der Waals surface area contributed by atoms with Crippen LogP contribution in [0.5, 0.6) is 5.75 Å². The maximum atomic E-state index is 13.3. The van der Waals surface area contributed by atoms with E-state index in [1.165, 1.54) is 19.2 Å². The number of rotatable bonds is 5. The quantitative estimate of drug-likeness (QED) is 0.879. The van der Waals surface area contributed by atoms with E-state index in [1.54, 1.807) is 6.07 Å². The summed E-state index contributed by atoms with van der Waals surface area (Å²) >= 11 is 5.50. The summed E-state index contributed by atoms with van der Waals surface area (Å²) in [5.41, 5.74) is 0.570. The summed E-state index contributed by atoms with van der Waals surface area (Å²) < 4.78 is 18.1. The second-order valence-corrected chi connectivity index (χ2v) is 3.97. The maximum absolute atomic E-state index is 13.3. The molecule has 0 aliphatic carbocycles. The molecule has 0 atom stereocenters. The van der Waals surface area contributed by atoms with Crippen molar-refractivity contribution in [2.45, 2.75) is 6.42 Å². The monoisotopic (exact) mass is 257 g/mol. The Morgan fingerprint density at radius 3 is 2.82 bits per heavy atom. The van der Waals surface area contributed by atoms with Crippen molar-refractivity contribution < 1.29 is 13.9 Å². The Morgan fingerprint density at radius 2 is 2.29 bits per heavy atom. The smallest absolute Gasteiger partial charge is 0.224 e. The van der Waals surface area contributed by atoms with E-state index >= 15 is 0 Å². The van der Waals surface area contributed by atoms with Gasteiger partial charge in [-0.15, -0.1) is 0 Å². The van der Waals surface area contributed by atoms with Crippen LogP contribution in [0, 0.1) is 5.82 Å². The number of nitrogens with one attached hydrogen (secondary N) is 1. The van der Waals surface area contributed by atoms with Crippen LogP contribution in [0.25, 0.3) is 0 Å². The normalized spacial score (nSPS) is 9.82. The van der Waals surface area contributed by atoms with Crippen molar-refractivity contribution in [1.82, 2.24) is 5.32 Å². The van der Waals surface area contributed by atoms with E-state index in [0.29, 0.717) is 10.6 Å². The van der Waals surface area contributed by atoms with Crippen LogP contribution in [0.4, 0.5) is 4.39 Å². The van der Waals surface area contributed by atoms with Crippen LogP contribution in [-0.2, 0) is 11.2 Å². The topological polar surface area (TPSA) is 38.3 Å².